The quantitative estimate of drug-likeness (QED) is 0.819. The molecule has 1 atom stereocenters. The normalized spacial score (nSPS) is 20.8. The predicted molar refractivity (Wildman–Crippen MR) is 86.1 cm³/mol. The van der Waals surface area contributed by atoms with Gasteiger partial charge in [-0.05, 0) is 43.0 Å². The number of carboxylic acids is 1. The molecule has 0 bridgehead atoms. The van der Waals surface area contributed by atoms with Crippen molar-refractivity contribution in [3.8, 4) is 0 Å². The number of ether oxygens (including phenoxy) is 1. The lowest BCUT2D eigenvalue weighted by Crippen LogP contribution is -2.36. The van der Waals surface area contributed by atoms with Crippen molar-refractivity contribution in [2.24, 2.45) is 5.92 Å². The van der Waals surface area contributed by atoms with E-state index in [0.29, 0.717) is 12.0 Å². The molecule has 1 aromatic rings. The van der Waals surface area contributed by atoms with Gasteiger partial charge in [-0.2, -0.15) is 0 Å². The Morgan fingerprint density at radius 3 is 2.52 bits per heavy atom. The molecule has 1 amide bonds. The van der Waals surface area contributed by atoms with Crippen LogP contribution < -0.4 is 0 Å². The van der Waals surface area contributed by atoms with Crippen molar-refractivity contribution in [2.75, 3.05) is 19.8 Å². The van der Waals surface area contributed by atoms with Gasteiger partial charge in [0.1, 0.15) is 0 Å². The first-order chi connectivity index (χ1) is 11.1. The van der Waals surface area contributed by atoms with E-state index >= 15 is 0 Å². The Morgan fingerprint density at radius 1 is 1.22 bits per heavy atom. The highest BCUT2D eigenvalue weighted by atomic mass is 16.5. The fourth-order valence-electron chi connectivity index (χ4n) is 2.81. The van der Waals surface area contributed by atoms with Gasteiger partial charge in [0.15, 0.2) is 0 Å². The molecule has 1 unspecified atom stereocenters. The van der Waals surface area contributed by atoms with E-state index in [4.69, 9.17) is 9.84 Å². The minimum absolute atomic E-state index is 0.0294. The van der Waals surface area contributed by atoms with E-state index in [-0.39, 0.29) is 11.5 Å². The first kappa shape index (κ1) is 15.7. The average Bonchev–Trinajstić information content (AvgIpc) is 3.26. The summed E-state index contributed by atoms with van der Waals surface area (Å²) in [7, 11) is 0. The van der Waals surface area contributed by atoms with Crippen molar-refractivity contribution in [2.45, 2.75) is 25.3 Å². The van der Waals surface area contributed by atoms with E-state index in [0.717, 1.165) is 44.6 Å². The molecule has 5 nitrogen and oxygen atoms in total. The van der Waals surface area contributed by atoms with E-state index in [1.54, 1.807) is 36.4 Å². The number of amides is 1. The summed E-state index contributed by atoms with van der Waals surface area (Å²) in [5.74, 6) is -0.472. The van der Waals surface area contributed by atoms with Crippen molar-refractivity contribution in [1.82, 2.24) is 4.90 Å². The Hall–Kier alpha value is -2.14. The standard InChI is InChI=1S/C18H21NO4/c20-17(8-3-13-1-4-15(5-2-13)18(21)22)19(16-6-7-16)11-14-9-10-23-12-14/h1-5,8,14,16H,6-7,9-12H2,(H,21,22). The molecule has 2 fully saturated rings. The maximum atomic E-state index is 12.5. The number of aromatic carboxylic acids is 1. The third-order valence-electron chi connectivity index (χ3n) is 4.33. The zero-order valence-electron chi connectivity index (χ0n) is 13.0. The number of hydrogen-bond donors (Lipinski definition) is 1. The van der Waals surface area contributed by atoms with Crippen LogP contribution in [-0.2, 0) is 9.53 Å². The van der Waals surface area contributed by atoms with E-state index in [1.165, 1.54) is 0 Å². The molecule has 1 aliphatic carbocycles. The van der Waals surface area contributed by atoms with Crippen LogP contribution >= 0.6 is 0 Å². The monoisotopic (exact) mass is 315 g/mol. The van der Waals surface area contributed by atoms with Crippen molar-refractivity contribution >= 4 is 18.0 Å². The molecule has 0 radical (unpaired) electrons. The second-order valence-corrected chi connectivity index (χ2v) is 6.21. The first-order valence-electron chi connectivity index (χ1n) is 8.03. The van der Waals surface area contributed by atoms with Crippen LogP contribution in [0.15, 0.2) is 30.3 Å². The third kappa shape index (κ3) is 4.20. The molecule has 23 heavy (non-hydrogen) atoms. The summed E-state index contributed by atoms with van der Waals surface area (Å²) in [5.41, 5.74) is 1.07. The number of hydrogen-bond acceptors (Lipinski definition) is 3. The molecular formula is C18H21NO4. The molecule has 1 aromatic carbocycles. The molecular weight excluding hydrogens is 294 g/mol. The van der Waals surface area contributed by atoms with Crippen LogP contribution in [0.1, 0.15) is 35.2 Å². The second kappa shape index (κ2) is 6.96. The molecule has 1 heterocycles. The van der Waals surface area contributed by atoms with E-state index in [2.05, 4.69) is 0 Å². The summed E-state index contributed by atoms with van der Waals surface area (Å²) in [6.07, 6.45) is 6.52. The Balaban J connectivity index is 1.62. The van der Waals surface area contributed by atoms with Gasteiger partial charge >= 0.3 is 5.97 Å². The number of rotatable bonds is 6. The Morgan fingerprint density at radius 2 is 1.96 bits per heavy atom. The van der Waals surface area contributed by atoms with Crippen molar-refractivity contribution in [3.63, 3.8) is 0 Å². The van der Waals surface area contributed by atoms with E-state index < -0.39 is 5.97 Å². The third-order valence-corrected chi connectivity index (χ3v) is 4.33. The van der Waals surface area contributed by atoms with E-state index in [1.807, 2.05) is 4.90 Å². The molecule has 1 saturated carbocycles. The number of carbonyl (C=O) groups excluding carboxylic acids is 1. The van der Waals surface area contributed by atoms with Gasteiger partial charge in [-0.25, -0.2) is 4.79 Å². The maximum absolute atomic E-state index is 12.5. The van der Waals surface area contributed by atoms with E-state index in [9.17, 15) is 9.59 Å². The van der Waals surface area contributed by atoms with Gasteiger partial charge < -0.3 is 14.7 Å². The highest BCUT2D eigenvalue weighted by Crippen LogP contribution is 2.29. The summed E-state index contributed by atoms with van der Waals surface area (Å²) < 4.78 is 5.39. The van der Waals surface area contributed by atoms with Crippen LogP contribution in [-0.4, -0.2) is 47.7 Å². The fraction of sp³-hybridized carbons (Fsp3) is 0.444. The van der Waals surface area contributed by atoms with Gasteiger partial charge in [0.05, 0.1) is 12.2 Å². The molecule has 3 rings (SSSR count). The summed E-state index contributed by atoms with van der Waals surface area (Å²) in [4.78, 5) is 25.3. The van der Waals surface area contributed by atoms with Crippen LogP contribution in [0.25, 0.3) is 6.08 Å². The van der Waals surface area contributed by atoms with Crippen LogP contribution in [0.2, 0.25) is 0 Å². The minimum atomic E-state index is -0.949. The van der Waals surface area contributed by atoms with Crippen LogP contribution in [0.4, 0.5) is 0 Å². The zero-order chi connectivity index (χ0) is 16.2. The van der Waals surface area contributed by atoms with Gasteiger partial charge in [0.25, 0.3) is 0 Å². The number of nitrogens with zero attached hydrogens (tertiary/aromatic N) is 1. The van der Waals surface area contributed by atoms with Crippen LogP contribution in [0.5, 0.6) is 0 Å². The SMILES string of the molecule is O=C(O)c1ccc(C=CC(=O)N(CC2CCOC2)C2CC2)cc1. The molecule has 1 saturated heterocycles. The minimum Gasteiger partial charge on any atom is -0.478 e. The first-order valence-corrected chi connectivity index (χ1v) is 8.03. The number of carbonyl (C=O) groups is 2. The molecule has 5 heteroatoms. The van der Waals surface area contributed by atoms with Gasteiger partial charge in [-0.1, -0.05) is 12.1 Å². The molecule has 1 aliphatic heterocycles. The van der Waals surface area contributed by atoms with Gasteiger partial charge in [-0.3, -0.25) is 4.79 Å². The van der Waals surface area contributed by atoms with Crippen molar-refractivity contribution in [1.29, 1.82) is 0 Å². The van der Waals surface area contributed by atoms with Crippen LogP contribution in [0.3, 0.4) is 0 Å². The largest absolute Gasteiger partial charge is 0.478 e. The van der Waals surface area contributed by atoms with Gasteiger partial charge in [0.2, 0.25) is 5.91 Å². The number of carboxylic acid groups (broad SMARTS) is 1. The maximum Gasteiger partial charge on any atom is 0.335 e. The highest BCUT2D eigenvalue weighted by molar-refractivity contribution is 5.92. The lowest BCUT2D eigenvalue weighted by Gasteiger charge is -2.23. The lowest BCUT2D eigenvalue weighted by atomic mass is 10.1. The van der Waals surface area contributed by atoms with Crippen molar-refractivity contribution in [3.05, 3.63) is 41.5 Å². The summed E-state index contributed by atoms with van der Waals surface area (Å²) in [6, 6.07) is 6.88. The lowest BCUT2D eigenvalue weighted by molar-refractivity contribution is -0.127. The highest BCUT2D eigenvalue weighted by Gasteiger charge is 2.33. The molecule has 0 aromatic heterocycles. The Kier molecular flexibility index (Phi) is 4.76. The summed E-state index contributed by atoms with van der Waals surface area (Å²) >= 11 is 0. The second-order valence-electron chi connectivity index (χ2n) is 6.21. The molecule has 1 N–H and O–H groups in total. The van der Waals surface area contributed by atoms with Gasteiger partial charge in [-0.15, -0.1) is 0 Å². The molecule has 122 valence electrons. The zero-order valence-corrected chi connectivity index (χ0v) is 13.0. The smallest absolute Gasteiger partial charge is 0.335 e. The predicted octanol–water partition coefficient (Wildman–Crippen LogP) is 2.43. The Bertz CT molecular complexity index is 598. The molecule has 2 aliphatic rings. The van der Waals surface area contributed by atoms with Crippen LogP contribution in [0, 0.1) is 5.92 Å². The topological polar surface area (TPSA) is 66.8 Å². The Labute approximate surface area is 135 Å². The summed E-state index contributed by atoms with van der Waals surface area (Å²) in [5, 5.41) is 8.88. The van der Waals surface area contributed by atoms with Gasteiger partial charge in [0, 0.05) is 31.2 Å². The average molecular weight is 315 g/mol. The summed E-state index contributed by atoms with van der Waals surface area (Å²) in [6.45, 7) is 2.31. The van der Waals surface area contributed by atoms with Crippen molar-refractivity contribution < 1.29 is 19.4 Å². The fourth-order valence-corrected chi connectivity index (χ4v) is 2.81. The molecule has 0 spiro atoms. The number of benzene rings is 1.